The first-order valence-corrected chi connectivity index (χ1v) is 6.78. The smallest absolute Gasteiger partial charge is 0.0838 e. The highest BCUT2D eigenvalue weighted by Gasteiger charge is 2.14. The molecule has 1 atom stereocenters. The second kappa shape index (κ2) is 5.34. The number of hydrogen-bond donors (Lipinski definition) is 0. The molecule has 0 fully saturated rings. The summed E-state index contributed by atoms with van der Waals surface area (Å²) in [6.07, 6.45) is 0. The van der Waals surface area contributed by atoms with E-state index in [2.05, 4.69) is 39.0 Å². The molecular weight excluding hydrogens is 263 g/mol. The van der Waals surface area contributed by atoms with Gasteiger partial charge in [-0.3, -0.25) is 0 Å². The first-order chi connectivity index (χ1) is 8.49. The van der Waals surface area contributed by atoms with E-state index in [9.17, 15) is 0 Å². The van der Waals surface area contributed by atoms with Crippen molar-refractivity contribution in [1.82, 2.24) is 0 Å². The lowest BCUT2D eigenvalue weighted by Crippen LogP contribution is -1.97. The van der Waals surface area contributed by atoms with Crippen molar-refractivity contribution in [3.63, 3.8) is 0 Å². The molecular formula is C16H16Cl2. The normalized spacial score (nSPS) is 12.5. The van der Waals surface area contributed by atoms with Gasteiger partial charge in [-0.25, -0.2) is 0 Å². The van der Waals surface area contributed by atoms with Crippen LogP contribution in [0.25, 0.3) is 0 Å². The molecule has 0 heterocycles. The fraction of sp³-hybridized carbons (Fsp3) is 0.250. The van der Waals surface area contributed by atoms with Crippen LogP contribution >= 0.6 is 23.2 Å². The topological polar surface area (TPSA) is 0 Å². The predicted molar refractivity (Wildman–Crippen MR) is 79.8 cm³/mol. The van der Waals surface area contributed by atoms with E-state index in [-0.39, 0.29) is 5.38 Å². The Labute approximate surface area is 119 Å². The Morgan fingerprint density at radius 2 is 1.50 bits per heavy atom. The van der Waals surface area contributed by atoms with Gasteiger partial charge in [0.2, 0.25) is 0 Å². The zero-order valence-corrected chi connectivity index (χ0v) is 12.3. The maximum absolute atomic E-state index is 6.57. The van der Waals surface area contributed by atoms with E-state index < -0.39 is 0 Å². The number of rotatable bonds is 2. The van der Waals surface area contributed by atoms with E-state index in [4.69, 9.17) is 23.2 Å². The van der Waals surface area contributed by atoms with E-state index in [1.54, 1.807) is 0 Å². The van der Waals surface area contributed by atoms with Gasteiger partial charge in [0.25, 0.3) is 0 Å². The van der Waals surface area contributed by atoms with Gasteiger partial charge in [-0.15, -0.1) is 11.6 Å². The molecule has 0 N–H and O–H groups in total. The molecule has 0 saturated carbocycles. The van der Waals surface area contributed by atoms with Crippen LogP contribution in [0.3, 0.4) is 0 Å². The van der Waals surface area contributed by atoms with Crippen molar-refractivity contribution >= 4 is 23.2 Å². The number of benzene rings is 2. The summed E-state index contributed by atoms with van der Waals surface area (Å²) in [5, 5.41) is 0.577. The maximum atomic E-state index is 6.57. The molecule has 0 bridgehead atoms. The molecule has 0 spiro atoms. The van der Waals surface area contributed by atoms with E-state index in [0.29, 0.717) is 0 Å². The Balaban J connectivity index is 2.44. The second-order valence-corrected chi connectivity index (χ2v) is 5.58. The van der Waals surface area contributed by atoms with Crippen LogP contribution in [0.1, 0.15) is 33.2 Å². The van der Waals surface area contributed by atoms with Crippen molar-refractivity contribution in [2.24, 2.45) is 0 Å². The molecule has 2 aromatic carbocycles. The molecule has 0 aromatic heterocycles. The van der Waals surface area contributed by atoms with Crippen LogP contribution in [-0.2, 0) is 0 Å². The average molecular weight is 279 g/mol. The van der Waals surface area contributed by atoms with Crippen molar-refractivity contribution in [1.29, 1.82) is 0 Å². The fourth-order valence-electron chi connectivity index (χ4n) is 1.99. The molecule has 0 nitrogen and oxygen atoms in total. The third kappa shape index (κ3) is 2.71. The van der Waals surface area contributed by atoms with Crippen LogP contribution in [0.2, 0.25) is 5.02 Å². The lowest BCUT2D eigenvalue weighted by atomic mass is 9.97. The average Bonchev–Trinajstić information content (AvgIpc) is 2.35. The zero-order valence-electron chi connectivity index (χ0n) is 10.8. The van der Waals surface area contributed by atoms with Gasteiger partial charge in [-0.2, -0.15) is 0 Å². The van der Waals surface area contributed by atoms with E-state index in [0.717, 1.165) is 21.7 Å². The Morgan fingerprint density at radius 3 is 2.17 bits per heavy atom. The summed E-state index contributed by atoms with van der Waals surface area (Å²) in [5.41, 5.74) is 5.90. The van der Waals surface area contributed by atoms with Crippen LogP contribution in [0.5, 0.6) is 0 Å². The Hall–Kier alpha value is -0.980. The van der Waals surface area contributed by atoms with Crippen molar-refractivity contribution in [2.45, 2.75) is 26.1 Å². The van der Waals surface area contributed by atoms with Crippen LogP contribution in [-0.4, -0.2) is 0 Å². The minimum Gasteiger partial charge on any atom is -0.113 e. The third-order valence-electron chi connectivity index (χ3n) is 3.34. The summed E-state index contributed by atoms with van der Waals surface area (Å²) < 4.78 is 0. The van der Waals surface area contributed by atoms with Crippen LogP contribution in [0.4, 0.5) is 0 Å². The van der Waals surface area contributed by atoms with Crippen molar-refractivity contribution < 1.29 is 0 Å². The summed E-state index contributed by atoms with van der Waals surface area (Å²) in [5.74, 6) is 0. The first-order valence-electron chi connectivity index (χ1n) is 5.96. The molecule has 0 aliphatic carbocycles. The molecule has 2 heteroatoms. The zero-order chi connectivity index (χ0) is 13.3. The van der Waals surface area contributed by atoms with Gasteiger partial charge in [-0.1, -0.05) is 35.9 Å². The Morgan fingerprint density at radius 1 is 0.833 bits per heavy atom. The van der Waals surface area contributed by atoms with Crippen molar-refractivity contribution in [2.75, 3.05) is 0 Å². The van der Waals surface area contributed by atoms with Gasteiger partial charge in [0.1, 0.15) is 0 Å². The highest BCUT2D eigenvalue weighted by molar-refractivity contribution is 6.31. The predicted octanol–water partition coefficient (Wildman–Crippen LogP) is 5.59. The van der Waals surface area contributed by atoms with Gasteiger partial charge >= 0.3 is 0 Å². The SMILES string of the molecule is Cc1ccc(C(Cl)c2cc(Cl)ccc2C)cc1C. The van der Waals surface area contributed by atoms with E-state index in [1.807, 2.05) is 18.2 Å². The lowest BCUT2D eigenvalue weighted by Gasteiger charge is -2.15. The molecule has 0 aliphatic rings. The van der Waals surface area contributed by atoms with Crippen molar-refractivity contribution in [3.8, 4) is 0 Å². The highest BCUT2D eigenvalue weighted by Crippen LogP contribution is 2.33. The molecule has 1 unspecified atom stereocenters. The van der Waals surface area contributed by atoms with Crippen LogP contribution < -0.4 is 0 Å². The monoisotopic (exact) mass is 278 g/mol. The summed E-state index contributed by atoms with van der Waals surface area (Å²) in [6, 6.07) is 12.2. The molecule has 2 aromatic rings. The maximum Gasteiger partial charge on any atom is 0.0838 e. The quantitative estimate of drug-likeness (QED) is 0.628. The Kier molecular flexibility index (Phi) is 3.99. The highest BCUT2D eigenvalue weighted by atomic mass is 35.5. The van der Waals surface area contributed by atoms with E-state index >= 15 is 0 Å². The minimum absolute atomic E-state index is 0.150. The van der Waals surface area contributed by atoms with Gasteiger partial charge < -0.3 is 0 Å². The molecule has 0 radical (unpaired) electrons. The molecule has 0 amide bonds. The van der Waals surface area contributed by atoms with Gasteiger partial charge in [0.15, 0.2) is 0 Å². The summed E-state index contributed by atoms with van der Waals surface area (Å²) in [4.78, 5) is 0. The number of alkyl halides is 1. The van der Waals surface area contributed by atoms with Gasteiger partial charge in [0, 0.05) is 5.02 Å². The summed E-state index contributed by atoms with van der Waals surface area (Å²) in [7, 11) is 0. The number of halogens is 2. The largest absolute Gasteiger partial charge is 0.113 e. The molecule has 18 heavy (non-hydrogen) atoms. The van der Waals surface area contributed by atoms with Crippen molar-refractivity contribution in [3.05, 3.63) is 69.2 Å². The summed E-state index contributed by atoms with van der Waals surface area (Å²) >= 11 is 12.6. The molecule has 94 valence electrons. The number of aryl methyl sites for hydroxylation is 3. The Bertz CT molecular complexity index is 573. The summed E-state index contributed by atoms with van der Waals surface area (Å²) in [6.45, 7) is 6.27. The third-order valence-corrected chi connectivity index (χ3v) is 4.06. The second-order valence-electron chi connectivity index (χ2n) is 4.71. The first kappa shape index (κ1) is 13.5. The molecule has 0 aliphatic heterocycles. The standard InChI is InChI=1S/C16H16Cl2/c1-10-4-6-13(8-12(10)3)16(18)15-9-14(17)7-5-11(15)2/h4-9,16H,1-3H3. The molecule has 0 saturated heterocycles. The minimum atomic E-state index is -0.150. The molecule has 2 rings (SSSR count). The van der Waals surface area contributed by atoms with E-state index in [1.165, 1.54) is 11.1 Å². The van der Waals surface area contributed by atoms with Gasteiger partial charge in [0.05, 0.1) is 5.38 Å². The lowest BCUT2D eigenvalue weighted by molar-refractivity contribution is 1.10. The number of hydrogen-bond acceptors (Lipinski definition) is 0. The van der Waals surface area contributed by atoms with Gasteiger partial charge in [-0.05, 0) is 60.7 Å². The van der Waals surface area contributed by atoms with Crippen LogP contribution in [0.15, 0.2) is 36.4 Å². The fourth-order valence-corrected chi connectivity index (χ4v) is 2.54. The van der Waals surface area contributed by atoms with Crippen LogP contribution in [0, 0.1) is 20.8 Å².